The number of thioether (sulfide) groups is 1. The fraction of sp³-hybridized carbons (Fsp3) is 0.400. The standard InChI is InChI=1S/C30H34O4S/c1-29(2)13-14-30(3,4)25-17-22(11-12-24(25)29)27(34-26(31)18-35-6)21-9-7-20-16-23(28(32)33-5)10-8-19(20)15-21/h7-12,15-17,27H,13-14,18H2,1-6H3/t27-/m1/s1. The van der Waals surface area contributed by atoms with Crippen molar-refractivity contribution in [2.75, 3.05) is 19.1 Å². The third kappa shape index (κ3) is 5.11. The van der Waals surface area contributed by atoms with Crippen molar-refractivity contribution >= 4 is 34.5 Å². The third-order valence-electron chi connectivity index (χ3n) is 7.28. The van der Waals surface area contributed by atoms with Crippen LogP contribution in [0.15, 0.2) is 54.6 Å². The average Bonchev–Trinajstić information content (AvgIpc) is 2.84. The highest BCUT2D eigenvalue weighted by Crippen LogP contribution is 2.47. The van der Waals surface area contributed by atoms with Crippen molar-refractivity contribution < 1.29 is 19.1 Å². The van der Waals surface area contributed by atoms with Gasteiger partial charge in [-0.15, -0.1) is 0 Å². The van der Waals surface area contributed by atoms with Crippen molar-refractivity contribution in [1.29, 1.82) is 0 Å². The van der Waals surface area contributed by atoms with E-state index in [1.165, 1.54) is 30.0 Å². The van der Waals surface area contributed by atoms with Gasteiger partial charge in [0, 0.05) is 0 Å². The number of ether oxygens (including phenoxy) is 2. The van der Waals surface area contributed by atoms with Crippen LogP contribution in [0.1, 0.15) is 79.3 Å². The van der Waals surface area contributed by atoms with E-state index in [9.17, 15) is 9.59 Å². The van der Waals surface area contributed by atoms with Crippen molar-refractivity contribution in [3.05, 3.63) is 82.4 Å². The number of hydrogen-bond donors (Lipinski definition) is 0. The van der Waals surface area contributed by atoms with Crippen LogP contribution in [-0.2, 0) is 25.1 Å². The van der Waals surface area contributed by atoms with Gasteiger partial charge < -0.3 is 9.47 Å². The Labute approximate surface area is 212 Å². The molecule has 4 nitrogen and oxygen atoms in total. The molecule has 1 atom stereocenters. The van der Waals surface area contributed by atoms with Crippen molar-refractivity contribution in [2.45, 2.75) is 57.5 Å². The lowest BCUT2D eigenvalue weighted by Crippen LogP contribution is -2.34. The molecule has 0 aromatic heterocycles. The minimum atomic E-state index is -0.509. The van der Waals surface area contributed by atoms with Crippen LogP contribution >= 0.6 is 11.8 Å². The molecule has 5 heteroatoms. The first-order valence-electron chi connectivity index (χ1n) is 12.0. The average molecular weight is 491 g/mol. The first kappa shape index (κ1) is 25.3. The fourth-order valence-electron chi connectivity index (χ4n) is 5.05. The minimum Gasteiger partial charge on any atom is -0.465 e. The normalized spacial score (nSPS) is 16.9. The van der Waals surface area contributed by atoms with Crippen molar-refractivity contribution in [3.63, 3.8) is 0 Å². The Morgan fingerprint density at radius 1 is 0.857 bits per heavy atom. The van der Waals surface area contributed by atoms with Gasteiger partial charge >= 0.3 is 11.9 Å². The third-order valence-corrected chi connectivity index (χ3v) is 7.80. The highest BCUT2D eigenvalue weighted by molar-refractivity contribution is 7.99. The number of hydrogen-bond acceptors (Lipinski definition) is 5. The smallest absolute Gasteiger partial charge is 0.337 e. The number of esters is 2. The predicted molar refractivity (Wildman–Crippen MR) is 143 cm³/mol. The van der Waals surface area contributed by atoms with Gasteiger partial charge in [-0.05, 0) is 81.2 Å². The Bertz CT molecular complexity index is 1270. The minimum absolute atomic E-state index is 0.0579. The lowest BCUT2D eigenvalue weighted by molar-refractivity contribution is -0.144. The zero-order valence-electron chi connectivity index (χ0n) is 21.4. The molecule has 35 heavy (non-hydrogen) atoms. The van der Waals surface area contributed by atoms with Gasteiger partial charge in [-0.25, -0.2) is 4.79 Å². The number of fused-ring (bicyclic) bond motifs is 2. The predicted octanol–water partition coefficient (Wildman–Crippen LogP) is 6.97. The van der Waals surface area contributed by atoms with E-state index in [2.05, 4.69) is 45.9 Å². The number of rotatable bonds is 6. The Morgan fingerprint density at radius 3 is 2.14 bits per heavy atom. The van der Waals surface area contributed by atoms with Crippen LogP contribution in [-0.4, -0.2) is 31.1 Å². The molecule has 0 heterocycles. The van der Waals surface area contributed by atoms with Crippen LogP contribution in [0.5, 0.6) is 0 Å². The van der Waals surface area contributed by atoms with Gasteiger partial charge in [0.15, 0.2) is 6.10 Å². The summed E-state index contributed by atoms with van der Waals surface area (Å²) in [5.74, 6) is -0.295. The van der Waals surface area contributed by atoms with Crippen LogP contribution in [0.2, 0.25) is 0 Å². The second kappa shape index (κ2) is 9.69. The first-order valence-corrected chi connectivity index (χ1v) is 13.4. The van der Waals surface area contributed by atoms with E-state index < -0.39 is 6.10 Å². The van der Waals surface area contributed by atoms with Crippen molar-refractivity contribution in [1.82, 2.24) is 0 Å². The molecule has 184 valence electrons. The summed E-state index contributed by atoms with van der Waals surface area (Å²) in [5.41, 5.74) is 5.29. The van der Waals surface area contributed by atoms with Crippen LogP contribution in [0.25, 0.3) is 10.8 Å². The summed E-state index contributed by atoms with van der Waals surface area (Å²) in [4.78, 5) is 24.6. The van der Waals surface area contributed by atoms with E-state index >= 15 is 0 Å². The molecule has 3 aromatic rings. The Kier molecular flexibility index (Phi) is 7.01. The highest BCUT2D eigenvalue weighted by Gasteiger charge is 2.37. The topological polar surface area (TPSA) is 52.6 Å². The second-order valence-electron chi connectivity index (χ2n) is 10.7. The number of carbonyl (C=O) groups is 2. The molecule has 0 unspecified atom stereocenters. The van der Waals surface area contributed by atoms with Gasteiger partial charge in [0.1, 0.15) is 0 Å². The Balaban J connectivity index is 1.80. The van der Waals surface area contributed by atoms with E-state index in [1.54, 1.807) is 6.07 Å². The lowest BCUT2D eigenvalue weighted by atomic mass is 9.63. The fourth-order valence-corrected chi connectivity index (χ4v) is 5.36. The largest absolute Gasteiger partial charge is 0.465 e. The molecule has 0 radical (unpaired) electrons. The SMILES string of the molecule is COC(=O)c1ccc2cc([C@@H](OC(=O)CSC)c3ccc4c(c3)C(C)(C)CCC4(C)C)ccc2c1. The molecule has 0 saturated heterocycles. The quantitative estimate of drug-likeness (QED) is 0.349. The number of carbonyl (C=O) groups excluding carboxylic acids is 2. The lowest BCUT2D eigenvalue weighted by Gasteiger charge is -2.42. The summed E-state index contributed by atoms with van der Waals surface area (Å²) >= 11 is 1.46. The summed E-state index contributed by atoms with van der Waals surface area (Å²) in [6.45, 7) is 9.22. The molecule has 0 fully saturated rings. The summed E-state index contributed by atoms with van der Waals surface area (Å²) in [6, 6.07) is 18.1. The number of methoxy groups -OCH3 is 1. The second-order valence-corrected chi connectivity index (χ2v) is 11.6. The van der Waals surface area contributed by atoms with Gasteiger partial charge in [-0.1, -0.05) is 64.1 Å². The summed E-state index contributed by atoms with van der Waals surface area (Å²) < 4.78 is 10.9. The molecular weight excluding hydrogens is 456 g/mol. The molecule has 0 N–H and O–H groups in total. The van der Waals surface area contributed by atoms with Gasteiger partial charge in [-0.2, -0.15) is 11.8 Å². The maximum absolute atomic E-state index is 12.6. The number of benzene rings is 3. The molecule has 0 aliphatic heterocycles. The monoisotopic (exact) mass is 490 g/mol. The molecule has 0 saturated carbocycles. The van der Waals surface area contributed by atoms with Gasteiger partial charge in [0.2, 0.25) is 0 Å². The molecule has 4 rings (SSSR count). The van der Waals surface area contributed by atoms with Crippen LogP contribution in [0.3, 0.4) is 0 Å². The zero-order valence-corrected chi connectivity index (χ0v) is 22.3. The molecule has 3 aromatic carbocycles. The van der Waals surface area contributed by atoms with Crippen molar-refractivity contribution in [3.8, 4) is 0 Å². The van der Waals surface area contributed by atoms with Crippen LogP contribution in [0.4, 0.5) is 0 Å². The summed E-state index contributed by atoms with van der Waals surface area (Å²) in [5, 5.41) is 1.90. The molecular formula is C30H34O4S. The maximum Gasteiger partial charge on any atom is 0.337 e. The van der Waals surface area contributed by atoms with Crippen LogP contribution < -0.4 is 0 Å². The maximum atomic E-state index is 12.6. The molecule has 0 amide bonds. The molecule has 0 bridgehead atoms. The van der Waals surface area contributed by atoms with E-state index in [1.807, 2.05) is 36.6 Å². The molecule has 1 aliphatic rings. The highest BCUT2D eigenvalue weighted by atomic mass is 32.2. The van der Waals surface area contributed by atoms with E-state index in [0.29, 0.717) is 11.3 Å². The molecule has 1 aliphatic carbocycles. The summed E-state index contributed by atoms with van der Waals surface area (Å²) in [7, 11) is 1.38. The Morgan fingerprint density at radius 2 is 1.46 bits per heavy atom. The van der Waals surface area contributed by atoms with E-state index in [0.717, 1.165) is 34.7 Å². The van der Waals surface area contributed by atoms with Crippen LogP contribution in [0, 0.1) is 0 Å². The zero-order chi connectivity index (χ0) is 25.4. The first-order chi connectivity index (χ1) is 16.6. The van der Waals surface area contributed by atoms with E-state index in [-0.39, 0.29) is 22.8 Å². The Hall–Kier alpha value is -2.79. The van der Waals surface area contributed by atoms with Gasteiger partial charge in [0.05, 0.1) is 18.4 Å². The van der Waals surface area contributed by atoms with Gasteiger partial charge in [0.25, 0.3) is 0 Å². The van der Waals surface area contributed by atoms with E-state index in [4.69, 9.17) is 9.47 Å². The molecule has 0 spiro atoms. The summed E-state index contributed by atoms with van der Waals surface area (Å²) in [6.07, 6.45) is 3.66. The van der Waals surface area contributed by atoms with Gasteiger partial charge in [-0.3, -0.25) is 4.79 Å². The van der Waals surface area contributed by atoms with Crippen molar-refractivity contribution in [2.24, 2.45) is 0 Å².